The van der Waals surface area contributed by atoms with Crippen LogP contribution in [0.3, 0.4) is 0 Å². The molecule has 2 aromatic carbocycles. The Kier molecular flexibility index (Phi) is 3.88. The van der Waals surface area contributed by atoms with Crippen LogP contribution < -0.4 is 0 Å². The minimum absolute atomic E-state index is 0.160. The Bertz CT molecular complexity index is 1090. The molecule has 2 aromatic heterocycles. The summed E-state index contributed by atoms with van der Waals surface area (Å²) < 4.78 is 6.00. The number of rotatable bonds is 2. The van der Waals surface area contributed by atoms with Crippen molar-refractivity contribution in [2.24, 2.45) is 0 Å². The molecule has 0 saturated heterocycles. The third kappa shape index (κ3) is 2.90. The Morgan fingerprint density at radius 2 is 1.73 bits per heavy atom. The van der Waals surface area contributed by atoms with Gasteiger partial charge in [0.25, 0.3) is 0 Å². The molecule has 1 N–H and O–H groups in total. The van der Waals surface area contributed by atoms with Crippen molar-refractivity contribution in [2.45, 2.75) is 33.1 Å². The molecule has 0 fully saturated rings. The zero-order valence-corrected chi connectivity index (χ0v) is 16.0. The zero-order chi connectivity index (χ0) is 18.5. The lowest BCUT2D eigenvalue weighted by Gasteiger charge is -2.11. The maximum absolute atomic E-state index is 6.50. The van der Waals surface area contributed by atoms with Gasteiger partial charge in [0.15, 0.2) is 11.6 Å². The predicted octanol–water partition coefficient (Wildman–Crippen LogP) is 6.14. The van der Waals surface area contributed by atoms with Gasteiger partial charge in [-0.2, -0.15) is 0 Å². The molecule has 0 spiro atoms. The van der Waals surface area contributed by atoms with Crippen LogP contribution in [0.4, 0.5) is 0 Å². The fourth-order valence-corrected chi connectivity index (χ4v) is 3.18. The number of halogens is 1. The molecule has 0 atom stereocenters. The number of H-pyrrole nitrogens is 1. The Morgan fingerprint density at radius 1 is 1.00 bits per heavy atom. The summed E-state index contributed by atoms with van der Waals surface area (Å²) in [6.07, 6.45) is 0. The van der Waals surface area contributed by atoms with Crippen molar-refractivity contribution in [3.05, 3.63) is 59.1 Å². The first-order valence-corrected chi connectivity index (χ1v) is 8.94. The number of benzene rings is 2. The molecule has 0 unspecified atom stereocenters. The normalized spacial score (nSPS) is 12.0. The second-order valence-corrected chi connectivity index (χ2v) is 7.90. The second kappa shape index (κ2) is 5.99. The van der Waals surface area contributed by atoms with Crippen LogP contribution in [0.2, 0.25) is 5.02 Å². The molecule has 5 heteroatoms. The highest BCUT2D eigenvalue weighted by Crippen LogP contribution is 2.34. The average molecular weight is 366 g/mol. The van der Waals surface area contributed by atoms with E-state index in [1.807, 2.05) is 31.2 Å². The van der Waals surface area contributed by atoms with Crippen molar-refractivity contribution < 1.29 is 4.42 Å². The number of nitrogens with zero attached hydrogens (tertiary/aromatic N) is 2. The van der Waals surface area contributed by atoms with Crippen molar-refractivity contribution >= 4 is 22.6 Å². The molecule has 4 nitrogen and oxygen atoms in total. The quantitative estimate of drug-likeness (QED) is 0.464. The third-order valence-electron chi connectivity index (χ3n) is 4.30. The fraction of sp³-hybridized carbons (Fsp3) is 0.238. The van der Waals surface area contributed by atoms with E-state index in [4.69, 9.17) is 16.0 Å². The van der Waals surface area contributed by atoms with Crippen LogP contribution in [0.25, 0.3) is 33.7 Å². The van der Waals surface area contributed by atoms with Gasteiger partial charge >= 0.3 is 0 Å². The smallest absolute Gasteiger partial charge is 0.200 e. The first-order chi connectivity index (χ1) is 12.3. The summed E-state index contributed by atoms with van der Waals surface area (Å²) in [7, 11) is 0. The van der Waals surface area contributed by atoms with Gasteiger partial charge in [-0.05, 0) is 30.2 Å². The van der Waals surface area contributed by atoms with Crippen molar-refractivity contribution in [1.29, 1.82) is 0 Å². The van der Waals surface area contributed by atoms with Crippen molar-refractivity contribution in [2.75, 3.05) is 0 Å². The molecule has 0 aliphatic heterocycles. The van der Waals surface area contributed by atoms with Gasteiger partial charge in [0.1, 0.15) is 5.52 Å². The maximum atomic E-state index is 6.50. The highest BCUT2D eigenvalue weighted by molar-refractivity contribution is 6.35. The van der Waals surface area contributed by atoms with Gasteiger partial charge in [-0.1, -0.05) is 62.7 Å². The first kappa shape index (κ1) is 16.9. The molecule has 0 bridgehead atoms. The highest BCUT2D eigenvalue weighted by atomic mass is 35.5. The van der Waals surface area contributed by atoms with Crippen LogP contribution in [-0.2, 0) is 5.41 Å². The number of imidazole rings is 1. The SMILES string of the molecule is Cc1nc(C(C)(C)C)oc1-c1nc2c(Cl)cc(-c3ccccc3)cc2[nH]1. The molecule has 26 heavy (non-hydrogen) atoms. The molecular weight excluding hydrogens is 346 g/mol. The van der Waals surface area contributed by atoms with Gasteiger partial charge in [-0.3, -0.25) is 0 Å². The monoisotopic (exact) mass is 365 g/mol. The molecule has 0 radical (unpaired) electrons. The van der Waals surface area contributed by atoms with E-state index in [9.17, 15) is 0 Å². The maximum Gasteiger partial charge on any atom is 0.200 e. The highest BCUT2D eigenvalue weighted by Gasteiger charge is 2.24. The van der Waals surface area contributed by atoms with Crippen molar-refractivity contribution in [3.63, 3.8) is 0 Å². The minimum atomic E-state index is -0.160. The summed E-state index contributed by atoms with van der Waals surface area (Å²) in [4.78, 5) is 12.5. The fourth-order valence-electron chi connectivity index (χ4n) is 2.92. The Morgan fingerprint density at radius 3 is 2.38 bits per heavy atom. The zero-order valence-electron chi connectivity index (χ0n) is 15.2. The van der Waals surface area contributed by atoms with Crippen LogP contribution in [0.5, 0.6) is 0 Å². The topological polar surface area (TPSA) is 54.7 Å². The lowest BCUT2D eigenvalue weighted by atomic mass is 9.97. The summed E-state index contributed by atoms with van der Waals surface area (Å²) in [5.41, 5.74) is 4.41. The van der Waals surface area contributed by atoms with Gasteiger partial charge in [0, 0.05) is 5.41 Å². The van der Waals surface area contributed by atoms with Crippen LogP contribution in [0.1, 0.15) is 32.4 Å². The Labute approximate surface area is 157 Å². The molecule has 0 aliphatic rings. The van der Waals surface area contributed by atoms with Crippen LogP contribution in [0, 0.1) is 6.92 Å². The second-order valence-electron chi connectivity index (χ2n) is 7.49. The van der Waals surface area contributed by atoms with E-state index in [0.29, 0.717) is 22.5 Å². The van der Waals surface area contributed by atoms with E-state index in [-0.39, 0.29) is 5.41 Å². The summed E-state index contributed by atoms with van der Waals surface area (Å²) in [6, 6.07) is 14.1. The number of hydrogen-bond acceptors (Lipinski definition) is 3. The number of aromatic nitrogens is 3. The Balaban J connectivity index is 1.84. The molecule has 2 heterocycles. The third-order valence-corrected chi connectivity index (χ3v) is 4.59. The average Bonchev–Trinajstić information content (AvgIpc) is 3.19. The molecule has 4 rings (SSSR count). The number of nitrogens with one attached hydrogen (secondary N) is 1. The van der Waals surface area contributed by atoms with Crippen molar-refractivity contribution in [1.82, 2.24) is 15.0 Å². The first-order valence-electron chi connectivity index (χ1n) is 8.56. The number of fused-ring (bicyclic) bond motifs is 1. The summed E-state index contributed by atoms with van der Waals surface area (Å²) in [6.45, 7) is 8.15. The van der Waals surface area contributed by atoms with Gasteiger partial charge in [0.05, 0.1) is 16.2 Å². The molecule has 132 valence electrons. The lowest BCUT2D eigenvalue weighted by Crippen LogP contribution is -2.11. The number of oxazole rings is 1. The predicted molar refractivity (Wildman–Crippen MR) is 105 cm³/mol. The van der Waals surface area contributed by atoms with Crippen LogP contribution in [-0.4, -0.2) is 15.0 Å². The summed E-state index contributed by atoms with van der Waals surface area (Å²) in [5, 5.41) is 0.608. The number of hydrogen-bond donors (Lipinski definition) is 1. The molecule has 0 saturated carbocycles. The molecular formula is C21H20ClN3O. The summed E-state index contributed by atoms with van der Waals surface area (Å²) >= 11 is 6.50. The van der Waals surface area contributed by atoms with Crippen LogP contribution >= 0.6 is 11.6 Å². The molecule has 0 aliphatic carbocycles. The minimum Gasteiger partial charge on any atom is -0.437 e. The van der Waals surface area contributed by atoms with E-state index in [0.717, 1.165) is 27.9 Å². The van der Waals surface area contributed by atoms with Crippen LogP contribution in [0.15, 0.2) is 46.9 Å². The standard InChI is InChI=1S/C21H20ClN3O/c1-12-18(26-20(23-12)21(2,3)4)19-24-16-11-14(10-15(22)17(16)25-19)13-8-6-5-7-9-13/h5-11H,1-4H3,(H,24,25). The summed E-state index contributed by atoms with van der Waals surface area (Å²) in [5.74, 6) is 2.00. The van der Waals surface area contributed by atoms with Gasteiger partial charge in [-0.25, -0.2) is 9.97 Å². The number of aromatic amines is 1. The van der Waals surface area contributed by atoms with E-state index >= 15 is 0 Å². The van der Waals surface area contributed by atoms with E-state index in [1.54, 1.807) is 0 Å². The molecule has 4 aromatic rings. The Hall–Kier alpha value is -2.59. The molecule has 0 amide bonds. The van der Waals surface area contributed by atoms with Crippen molar-refractivity contribution in [3.8, 4) is 22.7 Å². The van der Waals surface area contributed by atoms with Gasteiger partial charge in [-0.15, -0.1) is 0 Å². The lowest BCUT2D eigenvalue weighted by molar-refractivity contribution is 0.398. The van der Waals surface area contributed by atoms with Gasteiger partial charge < -0.3 is 9.40 Å². The van der Waals surface area contributed by atoms with Gasteiger partial charge in [0.2, 0.25) is 5.89 Å². The van der Waals surface area contributed by atoms with E-state index in [2.05, 4.69) is 53.9 Å². The largest absolute Gasteiger partial charge is 0.437 e. The van der Waals surface area contributed by atoms with E-state index < -0.39 is 0 Å². The number of aryl methyl sites for hydroxylation is 1. The van der Waals surface area contributed by atoms with E-state index in [1.165, 1.54) is 0 Å².